The molecule has 78 valence electrons. The molecule has 0 aliphatic rings. The highest BCUT2D eigenvalue weighted by atomic mass is 31.2. The Morgan fingerprint density at radius 1 is 1.50 bits per heavy atom. The summed E-state index contributed by atoms with van der Waals surface area (Å²) in [5, 5.41) is 0. The zero-order valence-electron chi connectivity index (χ0n) is 7.92. The summed E-state index contributed by atoms with van der Waals surface area (Å²) >= 11 is 0. The van der Waals surface area contributed by atoms with Crippen molar-refractivity contribution in [2.45, 2.75) is 12.6 Å². The van der Waals surface area contributed by atoms with Crippen LogP contribution in [0.4, 0.5) is 0 Å². The summed E-state index contributed by atoms with van der Waals surface area (Å²) in [5.41, 5.74) is 6.03. The lowest BCUT2D eigenvalue weighted by atomic mass is 10.1. The van der Waals surface area contributed by atoms with E-state index in [2.05, 4.69) is 0 Å². The van der Waals surface area contributed by atoms with Gasteiger partial charge in [0.15, 0.2) is 0 Å². The Morgan fingerprint density at radius 2 is 2.14 bits per heavy atom. The van der Waals surface area contributed by atoms with E-state index >= 15 is 0 Å². The molecule has 0 saturated heterocycles. The molecule has 0 heterocycles. The lowest BCUT2D eigenvalue weighted by molar-refractivity contribution is 0.359. The monoisotopic (exact) mass is 215 g/mol. The Kier molecular flexibility index (Phi) is 3.45. The second-order valence-electron chi connectivity index (χ2n) is 3.25. The van der Waals surface area contributed by atoms with Crippen LogP contribution in [0.1, 0.15) is 16.8 Å². The van der Waals surface area contributed by atoms with E-state index in [1.165, 1.54) is 0 Å². The van der Waals surface area contributed by atoms with Gasteiger partial charge in [0.25, 0.3) is 0 Å². The minimum absolute atomic E-state index is 0.0479. The number of hydrogen-bond donors (Lipinski definition) is 3. The van der Waals surface area contributed by atoms with Gasteiger partial charge in [-0.15, -0.1) is 0 Å². The molecule has 14 heavy (non-hydrogen) atoms. The summed E-state index contributed by atoms with van der Waals surface area (Å²) in [6, 6.07) is 7.07. The molecule has 0 spiro atoms. The van der Waals surface area contributed by atoms with Crippen LogP contribution in [0.5, 0.6) is 0 Å². The molecule has 0 bridgehead atoms. The number of benzene rings is 1. The largest absolute Gasteiger partial charge is 0.334 e. The average Bonchev–Trinajstić information content (AvgIpc) is 2.02. The molecule has 1 unspecified atom stereocenters. The fourth-order valence-corrected chi connectivity index (χ4v) is 2.17. The van der Waals surface area contributed by atoms with E-state index in [-0.39, 0.29) is 6.54 Å². The van der Waals surface area contributed by atoms with Crippen molar-refractivity contribution in [2.75, 3.05) is 6.54 Å². The summed E-state index contributed by atoms with van der Waals surface area (Å²) in [5.74, 6) is 0. The normalized spacial score (nSPS) is 14.0. The Balaban J connectivity index is 3.08. The number of hydrogen-bond acceptors (Lipinski definition) is 2. The third-order valence-electron chi connectivity index (χ3n) is 2.06. The lowest BCUT2D eigenvalue weighted by Crippen LogP contribution is -2.12. The fourth-order valence-electron chi connectivity index (χ4n) is 1.34. The van der Waals surface area contributed by atoms with E-state index in [4.69, 9.17) is 15.5 Å². The molecule has 0 aromatic heterocycles. The topological polar surface area (TPSA) is 83.6 Å². The number of aryl methyl sites for hydroxylation is 1. The predicted molar refractivity (Wildman–Crippen MR) is 55.0 cm³/mol. The van der Waals surface area contributed by atoms with Crippen LogP contribution in [-0.2, 0) is 4.57 Å². The van der Waals surface area contributed by atoms with Crippen LogP contribution in [-0.4, -0.2) is 16.3 Å². The minimum Gasteiger partial charge on any atom is -0.329 e. The van der Waals surface area contributed by atoms with Gasteiger partial charge in [-0.25, -0.2) is 0 Å². The van der Waals surface area contributed by atoms with Crippen LogP contribution < -0.4 is 5.73 Å². The molecule has 4 N–H and O–H groups in total. The summed E-state index contributed by atoms with van der Waals surface area (Å²) in [4.78, 5) is 18.1. The Bertz CT molecular complexity index is 361. The van der Waals surface area contributed by atoms with Crippen LogP contribution in [0.15, 0.2) is 24.3 Å². The zero-order valence-corrected chi connectivity index (χ0v) is 8.82. The molecule has 1 rings (SSSR count). The molecule has 4 nitrogen and oxygen atoms in total. The molecule has 0 fully saturated rings. The van der Waals surface area contributed by atoms with Crippen molar-refractivity contribution in [1.29, 1.82) is 0 Å². The maximum atomic E-state index is 11.1. The van der Waals surface area contributed by atoms with Gasteiger partial charge < -0.3 is 15.5 Å². The van der Waals surface area contributed by atoms with Crippen molar-refractivity contribution in [3.8, 4) is 0 Å². The summed E-state index contributed by atoms with van der Waals surface area (Å²) < 4.78 is 11.1. The molecule has 0 aliphatic carbocycles. The fraction of sp³-hybridized carbons (Fsp3) is 0.333. The van der Waals surface area contributed by atoms with Crippen molar-refractivity contribution in [3.05, 3.63) is 35.4 Å². The van der Waals surface area contributed by atoms with Gasteiger partial charge in [-0.1, -0.05) is 29.8 Å². The number of rotatable bonds is 3. The first-order valence-electron chi connectivity index (χ1n) is 4.27. The van der Waals surface area contributed by atoms with E-state index in [1.807, 2.05) is 13.0 Å². The molecule has 0 aliphatic heterocycles. The van der Waals surface area contributed by atoms with Crippen molar-refractivity contribution in [3.63, 3.8) is 0 Å². The van der Waals surface area contributed by atoms with E-state index in [1.54, 1.807) is 18.2 Å². The zero-order chi connectivity index (χ0) is 10.8. The van der Waals surface area contributed by atoms with Gasteiger partial charge in [-0.3, -0.25) is 4.57 Å². The van der Waals surface area contributed by atoms with Gasteiger partial charge >= 0.3 is 7.60 Å². The molecule has 0 radical (unpaired) electrons. The third kappa shape index (κ3) is 2.66. The number of nitrogens with two attached hydrogens (primary N) is 1. The Hall–Kier alpha value is -0.670. The maximum Gasteiger partial charge on any atom is 0.334 e. The second-order valence-corrected chi connectivity index (χ2v) is 5.06. The molecule has 5 heteroatoms. The van der Waals surface area contributed by atoms with Crippen LogP contribution in [0.25, 0.3) is 0 Å². The van der Waals surface area contributed by atoms with Gasteiger partial charge in [0, 0.05) is 6.54 Å². The standard InChI is InChI=1S/C9H14NO3P/c1-7-3-2-4-8(5-7)9(6-10)14(11,12)13/h2-5,9H,6,10H2,1H3,(H2,11,12,13). The van der Waals surface area contributed by atoms with Gasteiger partial charge in [0.2, 0.25) is 0 Å². The lowest BCUT2D eigenvalue weighted by Gasteiger charge is -2.16. The molecular formula is C9H14NO3P. The van der Waals surface area contributed by atoms with Crippen molar-refractivity contribution in [2.24, 2.45) is 5.73 Å². The van der Waals surface area contributed by atoms with Crippen molar-refractivity contribution in [1.82, 2.24) is 0 Å². The summed E-state index contributed by atoms with van der Waals surface area (Å²) in [6.45, 7) is 1.82. The van der Waals surface area contributed by atoms with Gasteiger partial charge in [-0.05, 0) is 12.5 Å². The Labute approximate surface area is 82.9 Å². The third-order valence-corrected chi connectivity index (χ3v) is 3.38. The van der Waals surface area contributed by atoms with Gasteiger partial charge in [0.1, 0.15) is 0 Å². The van der Waals surface area contributed by atoms with Crippen molar-refractivity contribution < 1.29 is 14.4 Å². The van der Waals surface area contributed by atoms with E-state index in [0.717, 1.165) is 5.56 Å². The van der Waals surface area contributed by atoms with Crippen LogP contribution in [0.2, 0.25) is 0 Å². The van der Waals surface area contributed by atoms with E-state index in [9.17, 15) is 4.57 Å². The predicted octanol–water partition coefficient (Wildman–Crippen LogP) is 1.17. The highest BCUT2D eigenvalue weighted by Gasteiger charge is 2.28. The van der Waals surface area contributed by atoms with E-state index in [0.29, 0.717) is 5.56 Å². The average molecular weight is 215 g/mol. The first-order chi connectivity index (χ1) is 6.45. The van der Waals surface area contributed by atoms with E-state index < -0.39 is 13.3 Å². The van der Waals surface area contributed by atoms with Crippen LogP contribution >= 0.6 is 7.60 Å². The van der Waals surface area contributed by atoms with Crippen LogP contribution in [0.3, 0.4) is 0 Å². The van der Waals surface area contributed by atoms with Gasteiger partial charge in [0.05, 0.1) is 5.66 Å². The van der Waals surface area contributed by atoms with Gasteiger partial charge in [-0.2, -0.15) is 0 Å². The smallest absolute Gasteiger partial charge is 0.329 e. The molecule has 1 atom stereocenters. The molecule has 1 aromatic rings. The highest BCUT2D eigenvalue weighted by molar-refractivity contribution is 7.52. The summed E-state index contributed by atoms with van der Waals surface area (Å²) in [7, 11) is -4.14. The maximum absolute atomic E-state index is 11.1. The summed E-state index contributed by atoms with van der Waals surface area (Å²) in [6.07, 6.45) is 0. The Morgan fingerprint density at radius 3 is 2.57 bits per heavy atom. The highest BCUT2D eigenvalue weighted by Crippen LogP contribution is 2.50. The molecule has 0 saturated carbocycles. The molecular weight excluding hydrogens is 201 g/mol. The molecule has 1 aromatic carbocycles. The first-order valence-corrected chi connectivity index (χ1v) is 5.95. The quantitative estimate of drug-likeness (QED) is 0.661. The SMILES string of the molecule is Cc1cccc(C(CN)P(=O)(O)O)c1. The second kappa shape index (κ2) is 4.24. The van der Waals surface area contributed by atoms with Crippen LogP contribution in [0, 0.1) is 6.92 Å². The van der Waals surface area contributed by atoms with Crippen molar-refractivity contribution >= 4 is 7.60 Å². The first kappa shape index (κ1) is 11.4. The molecule has 0 amide bonds. The minimum atomic E-state index is -4.14.